The molecule has 0 spiro atoms. The number of nitrogens with zero attached hydrogens (tertiary/aromatic N) is 1. The summed E-state index contributed by atoms with van der Waals surface area (Å²) in [6.07, 6.45) is -0.378. The highest BCUT2D eigenvalue weighted by Gasteiger charge is 2.27. The summed E-state index contributed by atoms with van der Waals surface area (Å²) in [5.74, 6) is 0.861. The van der Waals surface area contributed by atoms with Crippen molar-refractivity contribution in [3.63, 3.8) is 0 Å². The molecule has 10 aromatic rings. The summed E-state index contributed by atoms with van der Waals surface area (Å²) >= 11 is 0. The lowest BCUT2D eigenvalue weighted by molar-refractivity contribution is 0.409. The molecule has 0 bridgehead atoms. The average Bonchev–Trinajstić information content (AvgIpc) is 3.64. The first kappa shape index (κ1) is 31.5. The Kier molecular flexibility index (Phi) is 7.35. The first-order chi connectivity index (χ1) is 27.2. The zero-order chi connectivity index (χ0) is 36.3. The maximum Gasteiger partial charge on any atom is 0.136 e. The fourth-order valence-corrected chi connectivity index (χ4v) is 8.50. The molecule has 11 rings (SSSR count). The molecule has 0 radical (unpaired) electrons. The maximum absolute atomic E-state index is 6.52. The van der Waals surface area contributed by atoms with Gasteiger partial charge in [0.05, 0.1) is 0 Å². The number of aliphatic imine (C=N–C) groups is 1. The van der Waals surface area contributed by atoms with Gasteiger partial charge in [0.2, 0.25) is 0 Å². The number of rotatable bonds is 5. The van der Waals surface area contributed by atoms with Crippen LogP contribution in [0, 0.1) is 0 Å². The van der Waals surface area contributed by atoms with Crippen molar-refractivity contribution < 1.29 is 4.42 Å². The van der Waals surface area contributed by atoms with E-state index in [1.54, 1.807) is 0 Å². The molecule has 0 amide bonds. The fraction of sp³-hybridized carbons (Fsp3) is 0.0392. The summed E-state index contributed by atoms with van der Waals surface area (Å²) in [6.45, 7) is 0. The van der Waals surface area contributed by atoms with Crippen molar-refractivity contribution in [3.05, 3.63) is 205 Å². The molecule has 2 atom stereocenters. The van der Waals surface area contributed by atoms with Gasteiger partial charge in [-0.3, -0.25) is 5.32 Å². The Hall–Kier alpha value is -7.01. The normalized spacial score (nSPS) is 15.8. The highest BCUT2D eigenvalue weighted by atomic mass is 16.3. The first-order valence-corrected chi connectivity index (χ1v) is 18.9. The van der Waals surface area contributed by atoms with Crippen LogP contribution < -0.4 is 10.6 Å². The molecule has 2 N–H and O–H groups in total. The minimum absolute atomic E-state index is 0.134. The second-order valence-corrected chi connectivity index (χ2v) is 14.4. The lowest BCUT2D eigenvalue weighted by atomic mass is 9.91. The van der Waals surface area contributed by atoms with Gasteiger partial charge in [0, 0.05) is 16.3 Å². The molecule has 1 aliphatic rings. The van der Waals surface area contributed by atoms with Crippen LogP contribution in [0.2, 0.25) is 0 Å². The van der Waals surface area contributed by atoms with Crippen LogP contribution in [0.5, 0.6) is 0 Å². The van der Waals surface area contributed by atoms with E-state index < -0.39 is 0 Å². The highest BCUT2D eigenvalue weighted by Crippen LogP contribution is 2.42. The number of nitrogens with one attached hydrogen (secondary N) is 2. The molecule has 1 aromatic heterocycles. The van der Waals surface area contributed by atoms with Crippen molar-refractivity contribution in [2.45, 2.75) is 12.3 Å². The summed E-state index contributed by atoms with van der Waals surface area (Å²) in [6, 6.07) is 67.0. The van der Waals surface area contributed by atoms with E-state index >= 15 is 0 Å². The van der Waals surface area contributed by atoms with Gasteiger partial charge in [-0.05, 0) is 90.0 Å². The molecule has 4 nitrogen and oxygen atoms in total. The van der Waals surface area contributed by atoms with Crippen molar-refractivity contribution in [3.8, 4) is 22.3 Å². The monoisotopic (exact) mass is 705 g/mol. The number of benzene rings is 9. The summed E-state index contributed by atoms with van der Waals surface area (Å²) in [7, 11) is 0. The number of furan rings is 1. The van der Waals surface area contributed by atoms with Crippen LogP contribution in [-0.2, 0) is 0 Å². The summed E-state index contributed by atoms with van der Waals surface area (Å²) in [5, 5.41) is 17.0. The van der Waals surface area contributed by atoms with Gasteiger partial charge in [0.1, 0.15) is 29.3 Å². The molecular weight excluding hydrogens is 671 g/mol. The van der Waals surface area contributed by atoms with E-state index in [1.807, 2.05) is 0 Å². The number of amidine groups is 1. The zero-order valence-corrected chi connectivity index (χ0v) is 29.9. The van der Waals surface area contributed by atoms with Crippen LogP contribution in [0.4, 0.5) is 0 Å². The molecule has 55 heavy (non-hydrogen) atoms. The van der Waals surface area contributed by atoms with E-state index in [-0.39, 0.29) is 12.3 Å². The largest absolute Gasteiger partial charge is 0.456 e. The minimum atomic E-state index is -0.244. The van der Waals surface area contributed by atoms with Gasteiger partial charge in [-0.25, -0.2) is 4.99 Å². The molecule has 2 unspecified atom stereocenters. The van der Waals surface area contributed by atoms with Gasteiger partial charge < -0.3 is 9.73 Å². The molecule has 9 aromatic carbocycles. The van der Waals surface area contributed by atoms with Gasteiger partial charge in [-0.15, -0.1) is 0 Å². The Balaban J connectivity index is 1.07. The van der Waals surface area contributed by atoms with Crippen molar-refractivity contribution in [1.82, 2.24) is 10.6 Å². The van der Waals surface area contributed by atoms with E-state index in [0.29, 0.717) is 0 Å². The summed E-state index contributed by atoms with van der Waals surface area (Å²) in [4.78, 5) is 5.38. The smallest absolute Gasteiger partial charge is 0.136 e. The second-order valence-electron chi connectivity index (χ2n) is 14.4. The van der Waals surface area contributed by atoms with Gasteiger partial charge in [-0.1, -0.05) is 164 Å². The second kappa shape index (κ2) is 12.8. The summed E-state index contributed by atoms with van der Waals surface area (Å²) in [5.41, 5.74) is 9.79. The average molecular weight is 706 g/mol. The third-order valence-corrected chi connectivity index (χ3v) is 11.2. The highest BCUT2D eigenvalue weighted by molar-refractivity contribution is 6.19. The van der Waals surface area contributed by atoms with Crippen molar-refractivity contribution in [2.75, 3.05) is 0 Å². The Morgan fingerprint density at radius 3 is 1.98 bits per heavy atom. The van der Waals surface area contributed by atoms with Gasteiger partial charge in [0.25, 0.3) is 0 Å². The third-order valence-electron chi connectivity index (χ3n) is 11.2. The molecule has 0 saturated heterocycles. The molecule has 4 heteroatoms. The van der Waals surface area contributed by atoms with E-state index in [2.05, 4.69) is 199 Å². The van der Waals surface area contributed by atoms with Crippen molar-refractivity contribution in [1.29, 1.82) is 0 Å². The number of hydrogen-bond donors (Lipinski definition) is 2. The SMILES string of the molecule is c1ccc(C2NC(c3ccc(-c4cccc5oc6ccc(-c7cccc8ccccc78)cc6c45)c4ccccc34)=NC(c3ccc4ccccc4c3)N2)cc1. The molecule has 1 aliphatic heterocycles. The van der Waals surface area contributed by atoms with Crippen LogP contribution in [0.25, 0.3) is 76.5 Å². The number of fused-ring (bicyclic) bond motifs is 6. The quantitative estimate of drug-likeness (QED) is 0.187. The molecule has 0 fully saturated rings. The third kappa shape index (κ3) is 5.38. The minimum Gasteiger partial charge on any atom is -0.456 e. The van der Waals surface area contributed by atoms with Crippen LogP contribution in [0.1, 0.15) is 29.0 Å². The van der Waals surface area contributed by atoms with E-state index in [1.165, 1.54) is 32.7 Å². The van der Waals surface area contributed by atoms with E-state index in [9.17, 15) is 0 Å². The van der Waals surface area contributed by atoms with Crippen molar-refractivity contribution in [2.24, 2.45) is 4.99 Å². The van der Waals surface area contributed by atoms with Crippen molar-refractivity contribution >= 4 is 60.1 Å². The van der Waals surface area contributed by atoms with E-state index in [4.69, 9.17) is 9.41 Å². The predicted molar refractivity (Wildman–Crippen MR) is 228 cm³/mol. The lowest BCUT2D eigenvalue weighted by Gasteiger charge is -2.32. The van der Waals surface area contributed by atoms with E-state index in [0.717, 1.165) is 66.4 Å². The van der Waals surface area contributed by atoms with Crippen LogP contribution >= 0.6 is 0 Å². The summed E-state index contributed by atoms with van der Waals surface area (Å²) < 4.78 is 6.52. The Labute approximate surface area is 318 Å². The molecule has 260 valence electrons. The van der Waals surface area contributed by atoms with Gasteiger partial charge in [0.15, 0.2) is 0 Å². The van der Waals surface area contributed by atoms with Gasteiger partial charge >= 0.3 is 0 Å². The van der Waals surface area contributed by atoms with Gasteiger partial charge in [-0.2, -0.15) is 0 Å². The predicted octanol–water partition coefficient (Wildman–Crippen LogP) is 12.7. The van der Waals surface area contributed by atoms with Crippen LogP contribution in [0.3, 0.4) is 0 Å². The Morgan fingerprint density at radius 1 is 0.418 bits per heavy atom. The Morgan fingerprint density at radius 2 is 1.11 bits per heavy atom. The molecule has 0 saturated carbocycles. The molecule has 2 heterocycles. The zero-order valence-electron chi connectivity index (χ0n) is 29.9. The molecular formula is C51H35N3O. The number of hydrogen-bond acceptors (Lipinski definition) is 4. The maximum atomic E-state index is 6.52. The Bertz CT molecular complexity index is 3120. The lowest BCUT2D eigenvalue weighted by Crippen LogP contribution is -2.45. The topological polar surface area (TPSA) is 49.6 Å². The fourth-order valence-electron chi connectivity index (χ4n) is 8.50. The van der Waals surface area contributed by atoms with Crippen LogP contribution in [0.15, 0.2) is 197 Å². The standard InChI is InChI=1S/C51H35N3O/c1-2-14-34(15-3-1)49-52-50(37-25-24-32-12-4-5-16-35(32)30-37)54-51(53-49)44-28-27-42(40-19-8-9-20-41(40)44)43-22-11-23-47-48(43)45-31-36(26-29-46(45)55-47)39-21-10-17-33-13-6-7-18-38(33)39/h1-31,49-50,52H,(H,53,54). The first-order valence-electron chi connectivity index (χ1n) is 18.9. The van der Waals surface area contributed by atoms with Crippen LogP contribution in [-0.4, -0.2) is 5.84 Å². The molecule has 0 aliphatic carbocycles.